The number of hydrogen-bond donors (Lipinski definition) is 0. The molecule has 0 aliphatic carbocycles. The van der Waals surface area contributed by atoms with Crippen LogP contribution in [0.2, 0.25) is 0 Å². The van der Waals surface area contributed by atoms with E-state index in [1.165, 1.54) is 38.6 Å². The van der Waals surface area contributed by atoms with Gasteiger partial charge in [0.15, 0.2) is 0 Å². The summed E-state index contributed by atoms with van der Waals surface area (Å²) < 4.78 is 0. The van der Waals surface area contributed by atoms with E-state index in [1.807, 2.05) is 6.20 Å². The molecule has 0 bridgehead atoms. The van der Waals surface area contributed by atoms with Crippen molar-refractivity contribution in [2.75, 3.05) is 0 Å². The Labute approximate surface area is 145 Å². The van der Waals surface area contributed by atoms with Crippen LogP contribution < -0.4 is 0 Å². The molecule has 124 valence electrons. The number of benzene rings is 2. The molecule has 0 saturated carbocycles. The van der Waals surface area contributed by atoms with Gasteiger partial charge in [-0.05, 0) is 61.3 Å². The van der Waals surface area contributed by atoms with Gasteiger partial charge in [-0.2, -0.15) is 0 Å². The molecule has 0 amide bonds. The highest BCUT2D eigenvalue weighted by atomic mass is 14.7. The standard InChI is InChI=1S/C23H27N/c1-7-23(5,6)19-8-9-20-21(13-19)17(4)14-24-22(20)18-11-15(2)10-16(3)12-18/h8-14H,7H2,1-6H3. The topological polar surface area (TPSA) is 12.9 Å². The van der Waals surface area contributed by atoms with Crippen molar-refractivity contribution in [3.63, 3.8) is 0 Å². The minimum Gasteiger partial charge on any atom is -0.255 e. The average Bonchev–Trinajstić information content (AvgIpc) is 2.54. The van der Waals surface area contributed by atoms with Crippen molar-refractivity contribution in [1.82, 2.24) is 4.98 Å². The summed E-state index contributed by atoms with van der Waals surface area (Å²) >= 11 is 0. The molecule has 1 heteroatoms. The Bertz CT molecular complexity index is 883. The van der Waals surface area contributed by atoms with Gasteiger partial charge in [0.05, 0.1) is 5.69 Å². The highest BCUT2D eigenvalue weighted by Crippen LogP contribution is 2.34. The van der Waals surface area contributed by atoms with E-state index < -0.39 is 0 Å². The zero-order valence-electron chi connectivity index (χ0n) is 15.7. The van der Waals surface area contributed by atoms with Crippen molar-refractivity contribution >= 4 is 10.8 Å². The zero-order chi connectivity index (χ0) is 17.5. The first-order valence-corrected chi connectivity index (χ1v) is 8.80. The van der Waals surface area contributed by atoms with Crippen LogP contribution in [0.4, 0.5) is 0 Å². The van der Waals surface area contributed by atoms with Gasteiger partial charge in [-0.3, -0.25) is 4.98 Å². The predicted octanol–water partition coefficient (Wildman–Crippen LogP) is 6.51. The fraction of sp³-hybridized carbons (Fsp3) is 0.348. The van der Waals surface area contributed by atoms with Crippen molar-refractivity contribution < 1.29 is 0 Å². The zero-order valence-corrected chi connectivity index (χ0v) is 15.7. The molecule has 0 aliphatic heterocycles. The second kappa shape index (κ2) is 6.05. The monoisotopic (exact) mass is 317 g/mol. The number of hydrogen-bond acceptors (Lipinski definition) is 1. The lowest BCUT2D eigenvalue weighted by Crippen LogP contribution is -2.15. The molecule has 2 aromatic carbocycles. The number of aryl methyl sites for hydroxylation is 3. The molecule has 1 nitrogen and oxygen atoms in total. The Balaban J connectivity index is 2.26. The van der Waals surface area contributed by atoms with Crippen LogP contribution in [0.3, 0.4) is 0 Å². The van der Waals surface area contributed by atoms with Crippen LogP contribution in [0.1, 0.15) is 49.4 Å². The lowest BCUT2D eigenvalue weighted by atomic mass is 9.81. The third-order valence-electron chi connectivity index (χ3n) is 5.25. The third kappa shape index (κ3) is 2.96. The van der Waals surface area contributed by atoms with Gasteiger partial charge < -0.3 is 0 Å². The molecule has 1 heterocycles. The highest BCUT2D eigenvalue weighted by Gasteiger charge is 2.19. The molecule has 0 aliphatic rings. The Morgan fingerprint density at radius 1 is 0.875 bits per heavy atom. The van der Waals surface area contributed by atoms with Crippen LogP contribution in [0.15, 0.2) is 42.6 Å². The van der Waals surface area contributed by atoms with Crippen LogP contribution in [0.25, 0.3) is 22.0 Å². The van der Waals surface area contributed by atoms with Gasteiger partial charge in [0.2, 0.25) is 0 Å². The summed E-state index contributed by atoms with van der Waals surface area (Å²) in [7, 11) is 0. The number of fused-ring (bicyclic) bond motifs is 1. The summed E-state index contributed by atoms with van der Waals surface area (Å²) in [5, 5.41) is 2.56. The maximum Gasteiger partial charge on any atom is 0.0780 e. The van der Waals surface area contributed by atoms with E-state index in [9.17, 15) is 0 Å². The molecule has 0 radical (unpaired) electrons. The first kappa shape index (κ1) is 16.7. The number of pyridine rings is 1. The number of rotatable bonds is 3. The van der Waals surface area contributed by atoms with Gasteiger partial charge in [-0.1, -0.05) is 56.2 Å². The van der Waals surface area contributed by atoms with Gasteiger partial charge in [0.25, 0.3) is 0 Å². The number of nitrogens with zero attached hydrogens (tertiary/aromatic N) is 1. The quantitative estimate of drug-likeness (QED) is 0.536. The largest absolute Gasteiger partial charge is 0.255 e. The minimum absolute atomic E-state index is 0.198. The first-order chi connectivity index (χ1) is 11.3. The Morgan fingerprint density at radius 3 is 2.17 bits per heavy atom. The Hall–Kier alpha value is -2.15. The molecule has 0 unspecified atom stereocenters. The van der Waals surface area contributed by atoms with Gasteiger partial charge in [-0.25, -0.2) is 0 Å². The van der Waals surface area contributed by atoms with E-state index in [0.717, 1.165) is 12.1 Å². The average molecular weight is 317 g/mol. The maximum absolute atomic E-state index is 4.77. The molecule has 0 spiro atoms. The van der Waals surface area contributed by atoms with Crippen LogP contribution in [-0.2, 0) is 5.41 Å². The van der Waals surface area contributed by atoms with Gasteiger partial charge in [0.1, 0.15) is 0 Å². The van der Waals surface area contributed by atoms with E-state index in [2.05, 4.69) is 77.9 Å². The smallest absolute Gasteiger partial charge is 0.0780 e. The SMILES string of the molecule is CCC(C)(C)c1ccc2c(-c3cc(C)cc(C)c3)ncc(C)c2c1. The second-order valence-electron chi connectivity index (χ2n) is 7.66. The van der Waals surface area contributed by atoms with Crippen LogP contribution in [0, 0.1) is 20.8 Å². The van der Waals surface area contributed by atoms with Gasteiger partial charge in [0, 0.05) is 17.1 Å². The summed E-state index contributed by atoms with van der Waals surface area (Å²) in [5.74, 6) is 0. The van der Waals surface area contributed by atoms with Crippen molar-refractivity contribution in [1.29, 1.82) is 0 Å². The fourth-order valence-corrected chi connectivity index (χ4v) is 3.34. The first-order valence-electron chi connectivity index (χ1n) is 8.80. The van der Waals surface area contributed by atoms with Crippen molar-refractivity contribution in [2.45, 2.75) is 53.4 Å². The molecular weight excluding hydrogens is 290 g/mol. The van der Waals surface area contributed by atoms with Gasteiger partial charge >= 0.3 is 0 Å². The Kier molecular flexibility index (Phi) is 4.21. The van der Waals surface area contributed by atoms with Crippen LogP contribution >= 0.6 is 0 Å². The third-order valence-corrected chi connectivity index (χ3v) is 5.25. The minimum atomic E-state index is 0.198. The van der Waals surface area contributed by atoms with Gasteiger partial charge in [-0.15, -0.1) is 0 Å². The summed E-state index contributed by atoms with van der Waals surface area (Å²) in [6.45, 7) is 13.3. The van der Waals surface area contributed by atoms with E-state index >= 15 is 0 Å². The molecule has 0 fully saturated rings. The predicted molar refractivity (Wildman–Crippen MR) is 105 cm³/mol. The lowest BCUT2D eigenvalue weighted by Gasteiger charge is -2.24. The molecule has 0 N–H and O–H groups in total. The normalized spacial score (nSPS) is 11.9. The summed E-state index contributed by atoms with van der Waals surface area (Å²) in [5.41, 5.74) is 7.70. The van der Waals surface area contributed by atoms with Crippen molar-refractivity contribution in [3.8, 4) is 11.3 Å². The molecule has 0 saturated heterocycles. The fourth-order valence-electron chi connectivity index (χ4n) is 3.34. The molecule has 3 rings (SSSR count). The molecule has 0 atom stereocenters. The molecule has 1 aromatic heterocycles. The summed E-state index contributed by atoms with van der Waals surface area (Å²) in [4.78, 5) is 4.77. The summed E-state index contributed by atoms with van der Waals surface area (Å²) in [6.07, 6.45) is 3.14. The number of aromatic nitrogens is 1. The second-order valence-corrected chi connectivity index (χ2v) is 7.66. The van der Waals surface area contributed by atoms with Crippen molar-refractivity contribution in [3.05, 3.63) is 64.8 Å². The van der Waals surface area contributed by atoms with E-state index in [4.69, 9.17) is 4.98 Å². The summed E-state index contributed by atoms with van der Waals surface area (Å²) in [6, 6.07) is 13.6. The maximum atomic E-state index is 4.77. The van der Waals surface area contributed by atoms with Crippen LogP contribution in [-0.4, -0.2) is 4.98 Å². The van der Waals surface area contributed by atoms with E-state index in [1.54, 1.807) is 0 Å². The highest BCUT2D eigenvalue weighted by molar-refractivity contribution is 5.97. The molecular formula is C23H27N. The Morgan fingerprint density at radius 2 is 1.54 bits per heavy atom. The molecule has 24 heavy (non-hydrogen) atoms. The van der Waals surface area contributed by atoms with E-state index in [-0.39, 0.29) is 5.41 Å². The van der Waals surface area contributed by atoms with Crippen LogP contribution in [0.5, 0.6) is 0 Å². The van der Waals surface area contributed by atoms with Crippen molar-refractivity contribution in [2.24, 2.45) is 0 Å². The molecule has 3 aromatic rings. The van der Waals surface area contributed by atoms with E-state index in [0.29, 0.717) is 0 Å². The lowest BCUT2D eigenvalue weighted by molar-refractivity contribution is 0.507.